The molecule has 5 aromatic rings. The van der Waals surface area contributed by atoms with E-state index in [1.807, 2.05) is 32.6 Å². The highest BCUT2D eigenvalue weighted by atomic mass is 35.5. The van der Waals surface area contributed by atoms with Gasteiger partial charge in [0.15, 0.2) is 0 Å². The Labute approximate surface area is 276 Å². The van der Waals surface area contributed by atoms with Gasteiger partial charge < -0.3 is 25.1 Å². The van der Waals surface area contributed by atoms with Crippen LogP contribution in [-0.4, -0.2) is 90.9 Å². The summed E-state index contributed by atoms with van der Waals surface area (Å²) in [5, 5.41) is 5.62. The lowest BCUT2D eigenvalue weighted by Crippen LogP contribution is -2.33. The van der Waals surface area contributed by atoms with E-state index in [1.165, 1.54) is 6.33 Å². The summed E-state index contributed by atoms with van der Waals surface area (Å²) < 4.78 is 0. The highest BCUT2D eigenvalue weighted by Gasteiger charge is 2.31. The molecule has 0 saturated heterocycles. The van der Waals surface area contributed by atoms with Gasteiger partial charge in [-0.1, -0.05) is 11.6 Å². The quantitative estimate of drug-likeness (QED) is 0.245. The Morgan fingerprint density at radius 3 is 2.06 bits per heavy atom. The number of nitrogens with one attached hydrogen (secondary N) is 3. The van der Waals surface area contributed by atoms with Crippen LogP contribution < -0.4 is 5.32 Å². The number of aromatic amines is 2. The Kier molecular flexibility index (Phi) is 8.08. The van der Waals surface area contributed by atoms with E-state index < -0.39 is 0 Å². The van der Waals surface area contributed by atoms with Crippen molar-refractivity contribution in [3.05, 3.63) is 63.7 Å². The summed E-state index contributed by atoms with van der Waals surface area (Å²) in [5.74, 6) is 1.79. The zero-order valence-corrected chi connectivity index (χ0v) is 27.5. The first-order valence-corrected chi connectivity index (χ1v) is 16.1. The van der Waals surface area contributed by atoms with Crippen molar-refractivity contribution in [2.24, 2.45) is 16.8 Å². The minimum atomic E-state index is -0.0103. The molecule has 2 unspecified atom stereocenters. The summed E-state index contributed by atoms with van der Waals surface area (Å²) in [6, 6.07) is 1.98. The summed E-state index contributed by atoms with van der Waals surface area (Å²) in [6.07, 6.45) is 11.5. The van der Waals surface area contributed by atoms with E-state index in [2.05, 4.69) is 45.2 Å². The van der Waals surface area contributed by atoms with Gasteiger partial charge in [0.1, 0.15) is 40.7 Å². The highest BCUT2D eigenvalue weighted by molar-refractivity contribution is 6.34. The largest absolute Gasteiger partial charge is 0.349 e. The molecule has 1 aliphatic heterocycles. The number of aryl methyl sites for hydroxylation is 2. The molecular weight excluding hydrogens is 618 g/mol. The number of aliphatic imine (C=N–C) groups is 1. The second-order valence-corrected chi connectivity index (χ2v) is 13.1. The minimum Gasteiger partial charge on any atom is -0.349 e. The standard InChI is InChI=1S/C20H21N7O.C13H15ClN4O/c1-27(2)20(28)11-3-4-15-14(5-11)17-18(25-15)23-10-24-19(17)26-16-6-12-7-21-8-13(12)9-22-16;1-18(2)13(19)7-3-4-9-8(5-7)10-11(14)15-6-16-12(10)17-9/h6-7,9-11H,3-5,8H2,1-2H3,(H2,22,23,24,25,26);6-7H,3-5H2,1-2H3,(H,15,16,17). The molecular formula is C33H36ClN11O2. The summed E-state index contributed by atoms with van der Waals surface area (Å²) >= 11 is 6.16. The Bertz CT molecular complexity index is 2050. The van der Waals surface area contributed by atoms with E-state index in [-0.39, 0.29) is 23.7 Å². The Balaban J connectivity index is 0.000000161. The maximum absolute atomic E-state index is 12.5. The number of aromatic nitrogens is 7. The van der Waals surface area contributed by atoms with Gasteiger partial charge in [0.2, 0.25) is 11.8 Å². The molecule has 242 valence electrons. The number of H-pyrrole nitrogens is 2. The molecule has 2 aliphatic carbocycles. The molecule has 0 bridgehead atoms. The third-order valence-corrected chi connectivity index (χ3v) is 9.53. The average molecular weight is 654 g/mol. The molecule has 0 radical (unpaired) electrons. The Morgan fingerprint density at radius 1 is 0.830 bits per heavy atom. The third-order valence-electron chi connectivity index (χ3n) is 9.25. The van der Waals surface area contributed by atoms with Crippen LogP contribution in [0.25, 0.3) is 22.1 Å². The second kappa shape index (κ2) is 12.4. The van der Waals surface area contributed by atoms with E-state index in [9.17, 15) is 9.59 Å². The van der Waals surface area contributed by atoms with Crippen LogP contribution in [-0.2, 0) is 41.8 Å². The average Bonchev–Trinajstić information content (AvgIpc) is 3.79. The first-order chi connectivity index (χ1) is 22.7. The number of hydrogen-bond donors (Lipinski definition) is 3. The molecule has 6 heterocycles. The molecule has 2 amide bonds. The van der Waals surface area contributed by atoms with E-state index in [0.29, 0.717) is 30.4 Å². The number of rotatable bonds is 4. The van der Waals surface area contributed by atoms with Crippen molar-refractivity contribution in [2.75, 3.05) is 33.5 Å². The van der Waals surface area contributed by atoms with Crippen molar-refractivity contribution in [2.45, 2.75) is 45.1 Å². The second-order valence-electron chi connectivity index (χ2n) is 12.7. The fourth-order valence-corrected chi connectivity index (χ4v) is 7.12. The maximum atomic E-state index is 12.5. The van der Waals surface area contributed by atoms with Crippen LogP contribution in [0.15, 0.2) is 29.9 Å². The van der Waals surface area contributed by atoms with E-state index >= 15 is 0 Å². The predicted molar refractivity (Wildman–Crippen MR) is 180 cm³/mol. The summed E-state index contributed by atoms with van der Waals surface area (Å²) in [7, 11) is 7.21. The first kappa shape index (κ1) is 30.7. The molecule has 14 heteroatoms. The Morgan fingerprint density at radius 2 is 1.43 bits per heavy atom. The lowest BCUT2D eigenvalue weighted by atomic mass is 9.85. The predicted octanol–water partition coefficient (Wildman–Crippen LogP) is 4.03. The first-order valence-electron chi connectivity index (χ1n) is 15.7. The van der Waals surface area contributed by atoms with E-state index in [4.69, 9.17) is 11.6 Å². The molecule has 8 rings (SSSR count). The number of hydrogen-bond acceptors (Lipinski definition) is 9. The number of carbonyl (C=O) groups is 2. The van der Waals surface area contributed by atoms with Gasteiger partial charge in [-0.15, -0.1) is 0 Å². The van der Waals surface area contributed by atoms with Gasteiger partial charge in [-0.3, -0.25) is 14.6 Å². The number of carbonyl (C=O) groups excluding carboxylic acids is 2. The van der Waals surface area contributed by atoms with Crippen molar-refractivity contribution >= 4 is 63.3 Å². The van der Waals surface area contributed by atoms with Gasteiger partial charge >= 0.3 is 0 Å². The number of anilines is 2. The molecule has 47 heavy (non-hydrogen) atoms. The molecule has 13 nitrogen and oxygen atoms in total. The lowest BCUT2D eigenvalue weighted by molar-refractivity contribution is -0.134. The van der Waals surface area contributed by atoms with Gasteiger partial charge in [0, 0.05) is 75.0 Å². The summed E-state index contributed by atoms with van der Waals surface area (Å²) in [5.41, 5.74) is 8.29. The van der Waals surface area contributed by atoms with Crippen LogP contribution in [0.5, 0.6) is 0 Å². The summed E-state index contributed by atoms with van der Waals surface area (Å²) in [6.45, 7) is 0.687. The van der Waals surface area contributed by atoms with Gasteiger partial charge in [0.05, 0.1) is 17.3 Å². The van der Waals surface area contributed by atoms with Crippen LogP contribution >= 0.6 is 11.6 Å². The van der Waals surface area contributed by atoms with Gasteiger partial charge in [0.25, 0.3) is 0 Å². The van der Waals surface area contributed by atoms with Crippen LogP contribution in [0.1, 0.15) is 46.5 Å². The number of halogens is 1. The molecule has 5 aromatic heterocycles. The molecule has 0 saturated carbocycles. The smallest absolute Gasteiger partial charge is 0.225 e. The van der Waals surface area contributed by atoms with Crippen molar-refractivity contribution in [1.29, 1.82) is 0 Å². The van der Waals surface area contributed by atoms with Crippen molar-refractivity contribution in [3.8, 4) is 0 Å². The topological polar surface area (TPSA) is 161 Å². The molecule has 0 fully saturated rings. The SMILES string of the molecule is CN(C)C(=O)C1CCc2[nH]c3ncnc(Cl)c3c2C1.CN(C)C(=O)C1CCc2[nH]c3ncnc(Nc4cc5c(cn4)CN=C5)c3c2C1. The monoisotopic (exact) mass is 653 g/mol. The molecule has 3 aliphatic rings. The molecule has 0 spiro atoms. The fourth-order valence-electron chi connectivity index (χ4n) is 6.87. The zero-order valence-electron chi connectivity index (χ0n) is 26.8. The Hall–Kier alpha value is -4.91. The molecule has 0 aromatic carbocycles. The van der Waals surface area contributed by atoms with Gasteiger partial charge in [-0.2, -0.15) is 0 Å². The van der Waals surface area contributed by atoms with E-state index in [0.717, 1.165) is 87.2 Å². The van der Waals surface area contributed by atoms with Crippen molar-refractivity contribution in [3.63, 3.8) is 0 Å². The molecule has 2 atom stereocenters. The fraction of sp³-hybridized carbons (Fsp3) is 0.394. The zero-order chi connectivity index (χ0) is 32.8. The normalized spacial score (nSPS) is 17.8. The lowest BCUT2D eigenvalue weighted by Gasteiger charge is -2.24. The highest BCUT2D eigenvalue weighted by Crippen LogP contribution is 2.36. The third kappa shape index (κ3) is 5.79. The number of pyridine rings is 1. The number of fused-ring (bicyclic) bond motifs is 7. The van der Waals surface area contributed by atoms with Crippen LogP contribution in [0.3, 0.4) is 0 Å². The molecule has 3 N–H and O–H groups in total. The number of nitrogens with zero attached hydrogens (tertiary/aromatic N) is 8. The van der Waals surface area contributed by atoms with Crippen LogP contribution in [0, 0.1) is 11.8 Å². The summed E-state index contributed by atoms with van der Waals surface area (Å²) in [4.78, 5) is 60.5. The van der Waals surface area contributed by atoms with Crippen LogP contribution in [0.2, 0.25) is 5.15 Å². The van der Waals surface area contributed by atoms with Crippen molar-refractivity contribution < 1.29 is 9.59 Å². The minimum absolute atomic E-state index is 0.0103. The number of amides is 2. The van der Waals surface area contributed by atoms with Crippen LogP contribution in [0.4, 0.5) is 11.6 Å². The van der Waals surface area contributed by atoms with Gasteiger partial charge in [-0.05, 0) is 55.7 Å². The van der Waals surface area contributed by atoms with Crippen molar-refractivity contribution in [1.82, 2.24) is 44.7 Å². The maximum Gasteiger partial charge on any atom is 0.225 e. The van der Waals surface area contributed by atoms with Gasteiger partial charge in [-0.25, -0.2) is 24.9 Å². The van der Waals surface area contributed by atoms with E-state index in [1.54, 1.807) is 30.2 Å².